The molecule has 0 aliphatic carbocycles. The lowest BCUT2D eigenvalue weighted by Crippen LogP contribution is -2.44. The van der Waals surface area contributed by atoms with Crippen LogP contribution in [0.25, 0.3) is 11.4 Å². The molecule has 1 aliphatic rings. The third-order valence-electron chi connectivity index (χ3n) is 5.06. The van der Waals surface area contributed by atoms with Gasteiger partial charge in [-0.3, -0.25) is 9.78 Å². The van der Waals surface area contributed by atoms with Gasteiger partial charge >= 0.3 is 0 Å². The van der Waals surface area contributed by atoms with Crippen LogP contribution < -0.4 is 4.90 Å². The molecule has 3 aromatic heterocycles. The number of aryl methyl sites for hydroxylation is 1. The van der Waals surface area contributed by atoms with Gasteiger partial charge in [-0.05, 0) is 30.8 Å². The van der Waals surface area contributed by atoms with Crippen LogP contribution in [0.1, 0.15) is 17.9 Å². The molecule has 8 heteroatoms. The zero-order chi connectivity index (χ0) is 20.1. The van der Waals surface area contributed by atoms with E-state index in [1.807, 2.05) is 24.3 Å². The van der Waals surface area contributed by atoms with E-state index >= 15 is 0 Å². The lowest BCUT2D eigenvalue weighted by atomic mass is 10.1. The zero-order valence-electron chi connectivity index (χ0n) is 16.5. The van der Waals surface area contributed by atoms with Crippen molar-refractivity contribution in [3.63, 3.8) is 0 Å². The van der Waals surface area contributed by atoms with Crippen molar-refractivity contribution in [2.75, 3.05) is 38.1 Å². The van der Waals surface area contributed by atoms with Gasteiger partial charge in [-0.15, -0.1) is 0 Å². The third-order valence-corrected chi connectivity index (χ3v) is 5.06. The van der Waals surface area contributed by atoms with Crippen LogP contribution in [0.3, 0.4) is 0 Å². The number of ketones is 1. The van der Waals surface area contributed by atoms with E-state index in [0.717, 1.165) is 43.1 Å². The Bertz CT molecular complexity index is 933. The largest absolute Gasteiger partial charge is 0.354 e. The number of Topliss-reactive ketones (excluding diaryl/α,β-unsaturated/α-hetero) is 1. The second-order valence-corrected chi connectivity index (χ2v) is 7.28. The molecule has 0 atom stereocenters. The van der Waals surface area contributed by atoms with E-state index in [9.17, 15) is 4.79 Å². The van der Waals surface area contributed by atoms with Crippen molar-refractivity contribution in [2.45, 2.75) is 19.3 Å². The molecule has 3 aromatic rings. The molecule has 1 saturated heterocycles. The normalized spacial score (nSPS) is 14.9. The Morgan fingerprint density at radius 3 is 2.62 bits per heavy atom. The summed E-state index contributed by atoms with van der Waals surface area (Å²) in [6.07, 6.45) is 6.32. The van der Waals surface area contributed by atoms with Crippen molar-refractivity contribution in [2.24, 2.45) is 0 Å². The smallest absolute Gasteiger partial charge is 0.227 e. The van der Waals surface area contributed by atoms with Crippen molar-refractivity contribution < 1.29 is 9.32 Å². The molecule has 0 saturated carbocycles. The van der Waals surface area contributed by atoms with Crippen LogP contribution in [-0.4, -0.2) is 64.0 Å². The summed E-state index contributed by atoms with van der Waals surface area (Å²) in [4.78, 5) is 29.8. The van der Waals surface area contributed by atoms with Crippen molar-refractivity contribution in [1.29, 1.82) is 0 Å². The zero-order valence-corrected chi connectivity index (χ0v) is 16.5. The molecule has 0 spiro atoms. The Morgan fingerprint density at radius 1 is 1.10 bits per heavy atom. The van der Waals surface area contributed by atoms with Crippen molar-refractivity contribution in [3.8, 4) is 11.4 Å². The highest BCUT2D eigenvalue weighted by atomic mass is 16.5. The minimum atomic E-state index is 0.128. The summed E-state index contributed by atoms with van der Waals surface area (Å²) < 4.78 is 5.26. The van der Waals surface area contributed by atoms with E-state index in [1.165, 1.54) is 0 Å². The molecule has 0 amide bonds. The third kappa shape index (κ3) is 5.03. The highest BCUT2D eigenvalue weighted by molar-refractivity contribution is 5.81. The quantitative estimate of drug-likeness (QED) is 0.603. The van der Waals surface area contributed by atoms with Gasteiger partial charge in [0, 0.05) is 69.6 Å². The fourth-order valence-corrected chi connectivity index (χ4v) is 3.28. The van der Waals surface area contributed by atoms with Gasteiger partial charge in [0.25, 0.3) is 0 Å². The number of likely N-dealkylation sites (N-methyl/N-ethyl adjacent to an activating group) is 1. The van der Waals surface area contributed by atoms with Gasteiger partial charge in [0.15, 0.2) is 0 Å². The minimum absolute atomic E-state index is 0.128. The first-order chi connectivity index (χ1) is 14.2. The van der Waals surface area contributed by atoms with E-state index in [0.29, 0.717) is 31.0 Å². The molecular formula is C21H24N6O2. The molecule has 150 valence electrons. The Morgan fingerprint density at radius 2 is 1.90 bits per heavy atom. The predicted molar refractivity (Wildman–Crippen MR) is 109 cm³/mol. The van der Waals surface area contributed by atoms with Crippen LogP contribution in [0.4, 0.5) is 5.82 Å². The highest BCUT2D eigenvalue weighted by Crippen LogP contribution is 2.16. The van der Waals surface area contributed by atoms with Gasteiger partial charge < -0.3 is 14.3 Å². The average molecular weight is 392 g/mol. The van der Waals surface area contributed by atoms with Crippen LogP contribution in [0.15, 0.2) is 47.4 Å². The number of hydrogen-bond acceptors (Lipinski definition) is 8. The van der Waals surface area contributed by atoms with Gasteiger partial charge in [0.1, 0.15) is 11.6 Å². The lowest BCUT2D eigenvalue weighted by molar-refractivity contribution is -0.118. The SMILES string of the molecule is CN1CCN(c2ccc(CC(=O)CCc3nc(-c4ccncc4)no3)cn2)CC1. The van der Waals surface area contributed by atoms with E-state index in [1.54, 1.807) is 18.6 Å². The molecule has 29 heavy (non-hydrogen) atoms. The number of rotatable bonds is 7. The first-order valence-electron chi connectivity index (χ1n) is 9.80. The first-order valence-corrected chi connectivity index (χ1v) is 9.80. The summed E-state index contributed by atoms with van der Waals surface area (Å²) in [5, 5.41) is 3.96. The van der Waals surface area contributed by atoms with Gasteiger partial charge in [0.2, 0.25) is 11.7 Å². The topological polar surface area (TPSA) is 88.2 Å². The Kier molecular flexibility index (Phi) is 5.90. The summed E-state index contributed by atoms with van der Waals surface area (Å²) in [7, 11) is 2.13. The molecule has 0 bridgehead atoms. The van der Waals surface area contributed by atoms with Crippen LogP contribution in [-0.2, 0) is 17.6 Å². The Labute approximate surface area is 169 Å². The number of aromatic nitrogens is 4. The summed E-state index contributed by atoms with van der Waals surface area (Å²) >= 11 is 0. The maximum absolute atomic E-state index is 12.3. The number of piperazine rings is 1. The van der Waals surface area contributed by atoms with Crippen molar-refractivity contribution in [1.82, 2.24) is 25.0 Å². The molecule has 1 fully saturated rings. The van der Waals surface area contributed by atoms with Crippen LogP contribution >= 0.6 is 0 Å². The van der Waals surface area contributed by atoms with Crippen molar-refractivity contribution in [3.05, 3.63) is 54.3 Å². The van der Waals surface area contributed by atoms with E-state index < -0.39 is 0 Å². The molecule has 0 radical (unpaired) electrons. The standard InChI is InChI=1S/C21H24N6O2/c1-26-10-12-27(13-11-26)19-4-2-16(15-23-19)14-18(28)3-5-20-24-21(25-29-20)17-6-8-22-9-7-17/h2,4,6-9,15H,3,5,10-14H2,1H3. The number of hydrogen-bond donors (Lipinski definition) is 0. The van der Waals surface area contributed by atoms with Gasteiger partial charge in [0.05, 0.1) is 0 Å². The monoisotopic (exact) mass is 392 g/mol. The lowest BCUT2D eigenvalue weighted by Gasteiger charge is -2.33. The maximum atomic E-state index is 12.3. The number of nitrogens with zero attached hydrogens (tertiary/aromatic N) is 6. The molecule has 0 N–H and O–H groups in total. The summed E-state index contributed by atoms with van der Waals surface area (Å²) in [5.41, 5.74) is 1.77. The number of carbonyl (C=O) groups is 1. The molecule has 4 heterocycles. The summed E-state index contributed by atoms with van der Waals surface area (Å²) in [6.45, 7) is 4.04. The van der Waals surface area contributed by atoms with Gasteiger partial charge in [-0.25, -0.2) is 4.98 Å². The van der Waals surface area contributed by atoms with Crippen LogP contribution in [0, 0.1) is 0 Å². The first kappa shape index (κ1) is 19.2. The maximum Gasteiger partial charge on any atom is 0.227 e. The van der Waals surface area contributed by atoms with E-state index in [4.69, 9.17) is 4.52 Å². The van der Waals surface area contributed by atoms with Gasteiger partial charge in [-0.2, -0.15) is 4.98 Å². The number of anilines is 1. The van der Waals surface area contributed by atoms with Crippen LogP contribution in [0.2, 0.25) is 0 Å². The van der Waals surface area contributed by atoms with Crippen LogP contribution in [0.5, 0.6) is 0 Å². The Balaban J connectivity index is 1.27. The molecule has 4 rings (SSSR count). The fraction of sp³-hybridized carbons (Fsp3) is 0.381. The average Bonchev–Trinajstić information content (AvgIpc) is 3.23. The van der Waals surface area contributed by atoms with Gasteiger partial charge in [-0.1, -0.05) is 11.2 Å². The van der Waals surface area contributed by atoms with E-state index in [2.05, 4.69) is 37.0 Å². The second-order valence-electron chi connectivity index (χ2n) is 7.28. The number of pyridine rings is 2. The molecule has 0 aromatic carbocycles. The fourth-order valence-electron chi connectivity index (χ4n) is 3.28. The molecule has 1 aliphatic heterocycles. The molecule has 0 unspecified atom stereocenters. The number of carbonyl (C=O) groups excluding carboxylic acids is 1. The van der Waals surface area contributed by atoms with E-state index in [-0.39, 0.29) is 5.78 Å². The molecular weight excluding hydrogens is 368 g/mol. The predicted octanol–water partition coefficient (Wildman–Crippen LogP) is 2.02. The highest BCUT2D eigenvalue weighted by Gasteiger charge is 2.15. The summed E-state index contributed by atoms with van der Waals surface area (Å²) in [6, 6.07) is 7.64. The molecule has 8 nitrogen and oxygen atoms in total. The second kappa shape index (κ2) is 8.91. The Hall–Kier alpha value is -3.13. The van der Waals surface area contributed by atoms with Crippen molar-refractivity contribution >= 4 is 11.6 Å². The minimum Gasteiger partial charge on any atom is -0.354 e. The summed E-state index contributed by atoms with van der Waals surface area (Å²) in [5.74, 6) is 2.08.